The van der Waals surface area contributed by atoms with Crippen LogP contribution >= 0.6 is 0 Å². The number of anilines is 2. The Bertz CT molecular complexity index is 1140. The Morgan fingerprint density at radius 2 is 2.10 bits per heavy atom. The summed E-state index contributed by atoms with van der Waals surface area (Å²) in [7, 11) is 0. The molecule has 1 unspecified atom stereocenters. The van der Waals surface area contributed by atoms with Crippen molar-refractivity contribution in [2.45, 2.75) is 19.0 Å². The summed E-state index contributed by atoms with van der Waals surface area (Å²) in [5, 5.41) is 6.39. The Morgan fingerprint density at radius 3 is 2.84 bits per heavy atom. The van der Waals surface area contributed by atoms with Crippen LogP contribution in [0, 0.1) is 5.92 Å². The van der Waals surface area contributed by atoms with Crippen molar-refractivity contribution >= 4 is 17.4 Å². The summed E-state index contributed by atoms with van der Waals surface area (Å²) in [6.45, 7) is 0.515. The molecule has 0 bridgehead atoms. The van der Waals surface area contributed by atoms with Crippen molar-refractivity contribution in [3.8, 4) is 11.4 Å². The smallest absolute Gasteiger partial charge is 0.355 e. The fourth-order valence-corrected chi connectivity index (χ4v) is 3.60. The number of aromatic amines is 1. The molecule has 0 aliphatic carbocycles. The van der Waals surface area contributed by atoms with E-state index in [1.165, 1.54) is 17.2 Å². The first-order chi connectivity index (χ1) is 14.8. The SMILES string of the molecule is O=C(Nc1cccc(-c2noc(=O)[nH]2)c1)C1CCCN(c2ncccc2C(F)(F)F)C1. The number of nitrogens with one attached hydrogen (secondary N) is 2. The number of amides is 1. The highest BCUT2D eigenvalue weighted by atomic mass is 19.4. The monoisotopic (exact) mass is 433 g/mol. The number of carbonyl (C=O) groups is 1. The maximum Gasteiger partial charge on any atom is 0.439 e. The van der Waals surface area contributed by atoms with Gasteiger partial charge >= 0.3 is 11.9 Å². The summed E-state index contributed by atoms with van der Waals surface area (Å²) in [4.78, 5) is 31.8. The van der Waals surface area contributed by atoms with E-state index >= 15 is 0 Å². The zero-order valence-corrected chi connectivity index (χ0v) is 16.1. The number of alkyl halides is 3. The third-order valence-electron chi connectivity index (χ3n) is 5.03. The lowest BCUT2D eigenvalue weighted by molar-refractivity contribution is -0.137. The summed E-state index contributed by atoms with van der Waals surface area (Å²) in [5.74, 6) is -1.45. The number of H-pyrrole nitrogens is 1. The maximum absolute atomic E-state index is 13.3. The van der Waals surface area contributed by atoms with Gasteiger partial charge in [-0.05, 0) is 37.1 Å². The Balaban J connectivity index is 1.49. The van der Waals surface area contributed by atoms with E-state index in [-0.39, 0.29) is 24.1 Å². The van der Waals surface area contributed by atoms with Gasteiger partial charge in [0.05, 0.1) is 11.5 Å². The van der Waals surface area contributed by atoms with Crippen LogP contribution in [-0.2, 0) is 11.0 Å². The van der Waals surface area contributed by atoms with Gasteiger partial charge in [-0.15, -0.1) is 0 Å². The Hall–Kier alpha value is -3.63. The average Bonchev–Trinajstić information content (AvgIpc) is 3.20. The first-order valence-corrected chi connectivity index (χ1v) is 9.56. The Labute approximate surface area is 174 Å². The number of carbonyl (C=O) groups excluding carboxylic acids is 1. The van der Waals surface area contributed by atoms with E-state index in [0.29, 0.717) is 30.6 Å². The van der Waals surface area contributed by atoms with Gasteiger partial charge in [-0.2, -0.15) is 13.2 Å². The van der Waals surface area contributed by atoms with E-state index in [2.05, 4.69) is 25.0 Å². The molecule has 31 heavy (non-hydrogen) atoms. The van der Waals surface area contributed by atoms with Crippen LogP contribution in [0.1, 0.15) is 18.4 Å². The molecule has 8 nitrogen and oxygen atoms in total. The van der Waals surface area contributed by atoms with Crippen LogP contribution in [0.4, 0.5) is 24.7 Å². The lowest BCUT2D eigenvalue weighted by Gasteiger charge is -2.34. The first kappa shape index (κ1) is 20.6. The maximum atomic E-state index is 13.3. The van der Waals surface area contributed by atoms with Crippen molar-refractivity contribution in [3.05, 3.63) is 58.7 Å². The topological polar surface area (TPSA) is 104 Å². The molecule has 1 amide bonds. The zero-order chi connectivity index (χ0) is 22.0. The van der Waals surface area contributed by atoms with Gasteiger partial charge < -0.3 is 10.2 Å². The summed E-state index contributed by atoms with van der Waals surface area (Å²) in [6.07, 6.45) is -2.10. The molecular formula is C20H18F3N5O3. The molecule has 162 valence electrons. The third-order valence-corrected chi connectivity index (χ3v) is 5.03. The number of benzene rings is 1. The predicted molar refractivity (Wildman–Crippen MR) is 105 cm³/mol. The normalized spacial score (nSPS) is 16.9. The fraction of sp³-hybridized carbons (Fsp3) is 0.300. The highest BCUT2D eigenvalue weighted by molar-refractivity contribution is 5.93. The molecule has 1 aromatic carbocycles. The van der Waals surface area contributed by atoms with E-state index in [1.807, 2.05) is 0 Å². The number of rotatable bonds is 4. The molecule has 3 aromatic rings. The second kappa shape index (κ2) is 8.25. The molecule has 3 heterocycles. The van der Waals surface area contributed by atoms with Crippen LogP contribution in [0.5, 0.6) is 0 Å². The summed E-state index contributed by atoms with van der Waals surface area (Å²) < 4.78 is 44.5. The molecule has 2 N–H and O–H groups in total. The van der Waals surface area contributed by atoms with Gasteiger partial charge in [-0.3, -0.25) is 14.3 Å². The number of hydrogen-bond acceptors (Lipinski definition) is 6. The van der Waals surface area contributed by atoms with Crippen LogP contribution in [0.3, 0.4) is 0 Å². The van der Waals surface area contributed by atoms with E-state index in [4.69, 9.17) is 0 Å². The molecule has 1 fully saturated rings. The number of pyridine rings is 1. The van der Waals surface area contributed by atoms with Gasteiger partial charge in [0.1, 0.15) is 5.82 Å². The van der Waals surface area contributed by atoms with Gasteiger partial charge in [-0.1, -0.05) is 17.3 Å². The van der Waals surface area contributed by atoms with E-state index in [1.54, 1.807) is 24.3 Å². The third kappa shape index (κ3) is 4.60. The average molecular weight is 433 g/mol. The number of piperidine rings is 1. The number of halogens is 3. The van der Waals surface area contributed by atoms with E-state index in [9.17, 15) is 22.8 Å². The molecule has 0 spiro atoms. The van der Waals surface area contributed by atoms with Gasteiger partial charge in [0, 0.05) is 30.5 Å². The van der Waals surface area contributed by atoms with Crippen molar-refractivity contribution < 1.29 is 22.5 Å². The van der Waals surface area contributed by atoms with Crippen molar-refractivity contribution in [3.63, 3.8) is 0 Å². The lowest BCUT2D eigenvalue weighted by atomic mass is 9.96. The van der Waals surface area contributed by atoms with Crippen molar-refractivity contribution in [2.24, 2.45) is 5.92 Å². The van der Waals surface area contributed by atoms with Crippen LogP contribution in [0.25, 0.3) is 11.4 Å². The second-order valence-corrected chi connectivity index (χ2v) is 7.17. The van der Waals surface area contributed by atoms with Gasteiger partial charge in [0.15, 0.2) is 5.82 Å². The minimum absolute atomic E-state index is 0.127. The Kier molecular flexibility index (Phi) is 5.49. The molecule has 1 aliphatic rings. The molecule has 4 rings (SSSR count). The van der Waals surface area contributed by atoms with Crippen LogP contribution in [0.15, 0.2) is 51.9 Å². The molecule has 0 saturated carbocycles. The number of nitrogens with zero attached hydrogens (tertiary/aromatic N) is 3. The number of hydrogen-bond donors (Lipinski definition) is 2. The van der Waals surface area contributed by atoms with Crippen LogP contribution < -0.4 is 16.0 Å². The lowest BCUT2D eigenvalue weighted by Crippen LogP contribution is -2.42. The van der Waals surface area contributed by atoms with Crippen LogP contribution in [0.2, 0.25) is 0 Å². The van der Waals surface area contributed by atoms with E-state index < -0.39 is 23.4 Å². The van der Waals surface area contributed by atoms with Crippen molar-refractivity contribution in [1.29, 1.82) is 0 Å². The summed E-state index contributed by atoms with van der Waals surface area (Å²) >= 11 is 0. The zero-order valence-electron chi connectivity index (χ0n) is 16.1. The fourth-order valence-electron chi connectivity index (χ4n) is 3.60. The number of aromatic nitrogens is 3. The second-order valence-electron chi connectivity index (χ2n) is 7.17. The first-order valence-electron chi connectivity index (χ1n) is 9.56. The minimum Gasteiger partial charge on any atom is -0.355 e. The highest BCUT2D eigenvalue weighted by Gasteiger charge is 2.37. The van der Waals surface area contributed by atoms with Gasteiger partial charge in [0.25, 0.3) is 0 Å². The molecule has 11 heteroatoms. The standard InChI is InChI=1S/C20H18F3N5O3/c21-20(22,23)15-7-2-8-24-17(15)28-9-3-5-13(11-28)18(29)25-14-6-1-4-12(10-14)16-26-19(30)31-27-16/h1-2,4,6-8,10,13H,3,5,9,11H2,(H,25,29)(H,26,27,30). The quantitative estimate of drug-likeness (QED) is 0.654. The van der Waals surface area contributed by atoms with Crippen molar-refractivity contribution in [1.82, 2.24) is 15.1 Å². The van der Waals surface area contributed by atoms with Gasteiger partial charge in [0.2, 0.25) is 5.91 Å². The summed E-state index contributed by atoms with van der Waals surface area (Å²) in [5.41, 5.74) is 0.194. The molecule has 1 aliphatic heterocycles. The van der Waals surface area contributed by atoms with Crippen LogP contribution in [-0.4, -0.2) is 34.1 Å². The molecule has 1 saturated heterocycles. The Morgan fingerprint density at radius 1 is 1.26 bits per heavy atom. The predicted octanol–water partition coefficient (Wildman–Crippen LogP) is 3.30. The largest absolute Gasteiger partial charge is 0.439 e. The summed E-state index contributed by atoms with van der Waals surface area (Å²) in [6, 6.07) is 8.88. The molecular weight excluding hydrogens is 415 g/mol. The highest BCUT2D eigenvalue weighted by Crippen LogP contribution is 2.36. The van der Waals surface area contributed by atoms with Gasteiger partial charge in [-0.25, -0.2) is 9.78 Å². The minimum atomic E-state index is -4.53. The van der Waals surface area contributed by atoms with Crippen molar-refractivity contribution in [2.75, 3.05) is 23.3 Å². The van der Waals surface area contributed by atoms with E-state index in [0.717, 1.165) is 6.07 Å². The molecule has 1 atom stereocenters. The molecule has 2 aromatic heterocycles. The molecule has 0 radical (unpaired) electrons.